The maximum Gasteiger partial charge on any atom is 0.0737 e. The van der Waals surface area contributed by atoms with E-state index in [0.717, 1.165) is 68.6 Å². The van der Waals surface area contributed by atoms with Crippen molar-refractivity contribution in [2.45, 2.75) is 18.9 Å². The number of nitrogens with zero attached hydrogens (tertiary/aromatic N) is 1. The number of H-pyrrole nitrogens is 2. The van der Waals surface area contributed by atoms with E-state index in [2.05, 4.69) is 173 Å². The second-order valence-electron chi connectivity index (χ2n) is 12.5. The standard InChI is InChI=1S/C44H34N4/c1-5-13-29(14-6-1)41-33-21-23-35(45-33)42(30-15-7-2-8-16-30)37-25-27-39(47-37)44(32-19-11-4-12-20-32)40-28-26-38(48-40)43(31-17-9-3-10-18-31)36-24-22-34(41)46-36/h1-25,27,38,45,47-48H,26,28H2/b41-33?,42-35?,43-36-,44-40-. The van der Waals surface area contributed by atoms with Gasteiger partial charge in [0.2, 0.25) is 0 Å². The van der Waals surface area contributed by atoms with E-state index in [-0.39, 0.29) is 6.04 Å². The summed E-state index contributed by atoms with van der Waals surface area (Å²) in [6.07, 6.45) is 6.28. The molecule has 1 saturated heterocycles. The summed E-state index contributed by atoms with van der Waals surface area (Å²) in [6.45, 7) is 0. The molecule has 0 radical (unpaired) electrons. The van der Waals surface area contributed by atoms with Gasteiger partial charge in [-0.15, -0.1) is 0 Å². The molecule has 3 aliphatic heterocycles. The highest BCUT2D eigenvalue weighted by atomic mass is 15.0. The van der Waals surface area contributed by atoms with Crippen LogP contribution in [0, 0.1) is 0 Å². The molecule has 0 spiro atoms. The van der Waals surface area contributed by atoms with E-state index in [1.807, 2.05) is 0 Å². The second-order valence-corrected chi connectivity index (χ2v) is 12.5. The Morgan fingerprint density at radius 3 is 1.62 bits per heavy atom. The van der Waals surface area contributed by atoms with Crippen LogP contribution in [-0.4, -0.2) is 21.7 Å². The van der Waals surface area contributed by atoms with Crippen LogP contribution in [0.4, 0.5) is 0 Å². The smallest absolute Gasteiger partial charge is 0.0737 e. The summed E-state index contributed by atoms with van der Waals surface area (Å²) in [5.74, 6) is 0. The zero-order valence-electron chi connectivity index (χ0n) is 26.4. The van der Waals surface area contributed by atoms with Gasteiger partial charge in [-0.25, -0.2) is 4.99 Å². The van der Waals surface area contributed by atoms with Crippen molar-refractivity contribution in [2.75, 3.05) is 0 Å². The molecule has 48 heavy (non-hydrogen) atoms. The summed E-state index contributed by atoms with van der Waals surface area (Å²) in [5, 5.41) is 6.09. The SMILES string of the molecule is C1=C/C2=C(\c3ccccc3)C3CC/C(=C(\c4ccccc4)c4ccc([nH]4)C(c4ccccc4)=c4ccc([nH]4)=C(c4ccccc4)C1=N2)N3. The van der Waals surface area contributed by atoms with Crippen molar-refractivity contribution in [3.05, 3.63) is 213 Å². The highest BCUT2D eigenvalue weighted by Crippen LogP contribution is 2.38. The molecular weight excluding hydrogens is 585 g/mol. The fraction of sp³-hybridized carbons (Fsp3) is 0.0682. The van der Waals surface area contributed by atoms with Gasteiger partial charge in [-0.3, -0.25) is 0 Å². The number of fused-ring (bicyclic) bond motifs is 7. The second kappa shape index (κ2) is 11.9. The molecule has 0 saturated carbocycles. The first-order valence-corrected chi connectivity index (χ1v) is 16.7. The maximum atomic E-state index is 5.41. The molecule has 3 N–H and O–H groups in total. The molecule has 4 nitrogen and oxygen atoms in total. The Bertz CT molecular complexity index is 2390. The van der Waals surface area contributed by atoms with Crippen molar-refractivity contribution in [1.29, 1.82) is 0 Å². The van der Waals surface area contributed by atoms with Crippen LogP contribution >= 0.6 is 0 Å². The van der Waals surface area contributed by atoms with E-state index in [9.17, 15) is 0 Å². The van der Waals surface area contributed by atoms with Crippen LogP contribution in [0.5, 0.6) is 0 Å². The third-order valence-corrected chi connectivity index (χ3v) is 9.58. The summed E-state index contributed by atoms with van der Waals surface area (Å²) >= 11 is 0. The molecule has 5 heterocycles. The van der Waals surface area contributed by atoms with E-state index in [0.29, 0.717) is 0 Å². The van der Waals surface area contributed by atoms with Gasteiger partial charge in [0.15, 0.2) is 0 Å². The van der Waals surface area contributed by atoms with Crippen LogP contribution in [-0.2, 0) is 0 Å². The molecule has 230 valence electrons. The quantitative estimate of drug-likeness (QED) is 0.186. The fourth-order valence-corrected chi connectivity index (χ4v) is 7.43. The van der Waals surface area contributed by atoms with Crippen molar-refractivity contribution in [1.82, 2.24) is 15.3 Å². The molecule has 3 aliphatic rings. The van der Waals surface area contributed by atoms with Crippen LogP contribution in [0.3, 0.4) is 0 Å². The van der Waals surface area contributed by atoms with Gasteiger partial charge in [-0.05, 0) is 71.5 Å². The summed E-state index contributed by atoms with van der Waals surface area (Å²) in [5.41, 5.74) is 14.6. The van der Waals surface area contributed by atoms with Gasteiger partial charge >= 0.3 is 0 Å². The van der Waals surface area contributed by atoms with Gasteiger partial charge in [0.25, 0.3) is 0 Å². The van der Waals surface area contributed by atoms with Gasteiger partial charge in [-0.1, -0.05) is 121 Å². The average Bonchev–Trinajstić information content (AvgIpc) is 3.98. The van der Waals surface area contributed by atoms with Crippen LogP contribution in [0.25, 0.3) is 22.3 Å². The first-order chi connectivity index (χ1) is 23.8. The number of rotatable bonds is 4. The van der Waals surface area contributed by atoms with Gasteiger partial charge in [0.1, 0.15) is 0 Å². The Balaban J connectivity index is 1.38. The van der Waals surface area contributed by atoms with Crippen LogP contribution in [0.15, 0.2) is 174 Å². The molecule has 1 unspecified atom stereocenters. The summed E-state index contributed by atoms with van der Waals surface area (Å²) < 4.78 is 0. The maximum absolute atomic E-state index is 5.41. The number of hydrogen-bond donors (Lipinski definition) is 3. The third kappa shape index (κ3) is 4.99. The van der Waals surface area contributed by atoms with E-state index >= 15 is 0 Å². The molecule has 6 aromatic rings. The van der Waals surface area contributed by atoms with Gasteiger partial charge < -0.3 is 15.3 Å². The normalized spacial score (nSPS) is 20.2. The van der Waals surface area contributed by atoms with Crippen LogP contribution in [0.1, 0.15) is 46.5 Å². The van der Waals surface area contributed by atoms with Crippen molar-refractivity contribution in [2.24, 2.45) is 4.99 Å². The first-order valence-electron chi connectivity index (χ1n) is 16.7. The summed E-state index contributed by atoms with van der Waals surface area (Å²) in [7, 11) is 0. The lowest BCUT2D eigenvalue weighted by molar-refractivity contribution is 0.762. The lowest BCUT2D eigenvalue weighted by Gasteiger charge is -2.19. The summed E-state index contributed by atoms with van der Waals surface area (Å²) in [4.78, 5) is 13.1. The Morgan fingerprint density at radius 2 is 1.00 bits per heavy atom. The zero-order chi connectivity index (χ0) is 31.9. The number of aromatic amines is 2. The number of aliphatic imine (C=N–C) groups is 1. The Labute approximate surface area is 279 Å². The third-order valence-electron chi connectivity index (χ3n) is 9.58. The number of hydrogen-bond acceptors (Lipinski definition) is 2. The molecule has 1 atom stereocenters. The van der Waals surface area contributed by atoms with Gasteiger partial charge in [0, 0.05) is 50.1 Å². The highest BCUT2D eigenvalue weighted by molar-refractivity contribution is 6.30. The lowest BCUT2D eigenvalue weighted by atomic mass is 9.95. The van der Waals surface area contributed by atoms with Crippen molar-refractivity contribution in [3.8, 4) is 0 Å². The van der Waals surface area contributed by atoms with Crippen molar-refractivity contribution >= 4 is 28.0 Å². The van der Waals surface area contributed by atoms with Crippen LogP contribution < -0.4 is 16.0 Å². The monoisotopic (exact) mass is 618 g/mol. The Kier molecular flexibility index (Phi) is 6.98. The first kappa shape index (κ1) is 28.1. The zero-order valence-corrected chi connectivity index (χ0v) is 26.4. The van der Waals surface area contributed by atoms with E-state index in [1.165, 1.54) is 28.0 Å². The molecule has 4 heteroatoms. The minimum absolute atomic E-state index is 0.106. The molecular formula is C44H34N4. The van der Waals surface area contributed by atoms with Crippen LogP contribution in [0.2, 0.25) is 0 Å². The number of benzene rings is 4. The molecule has 9 rings (SSSR count). The minimum Gasteiger partial charge on any atom is -0.381 e. The summed E-state index contributed by atoms with van der Waals surface area (Å²) in [6, 6.07) is 51.7. The predicted octanol–water partition coefficient (Wildman–Crippen LogP) is 7.74. The topological polar surface area (TPSA) is 56.0 Å². The van der Waals surface area contributed by atoms with Gasteiger partial charge in [0.05, 0.1) is 17.5 Å². The Morgan fingerprint density at radius 1 is 0.479 bits per heavy atom. The molecule has 0 amide bonds. The molecule has 0 aliphatic carbocycles. The number of nitrogens with one attached hydrogen (secondary N) is 3. The molecule has 4 aromatic carbocycles. The van der Waals surface area contributed by atoms with Gasteiger partial charge in [-0.2, -0.15) is 0 Å². The molecule has 1 fully saturated rings. The van der Waals surface area contributed by atoms with E-state index < -0.39 is 0 Å². The predicted molar refractivity (Wildman–Crippen MR) is 196 cm³/mol. The minimum atomic E-state index is 0.106. The molecule has 8 bridgehead atoms. The fourth-order valence-electron chi connectivity index (χ4n) is 7.43. The van der Waals surface area contributed by atoms with Crippen molar-refractivity contribution in [3.63, 3.8) is 0 Å². The van der Waals surface area contributed by atoms with Crippen molar-refractivity contribution < 1.29 is 0 Å². The Hall–Kier alpha value is -6.13. The highest BCUT2D eigenvalue weighted by Gasteiger charge is 2.30. The van der Waals surface area contributed by atoms with E-state index in [4.69, 9.17) is 4.99 Å². The largest absolute Gasteiger partial charge is 0.381 e. The number of aromatic nitrogens is 2. The van der Waals surface area contributed by atoms with E-state index in [1.54, 1.807) is 0 Å². The lowest BCUT2D eigenvalue weighted by Crippen LogP contribution is -2.24. The number of allylic oxidation sites excluding steroid dienone is 3. The average molecular weight is 619 g/mol. The molecule has 2 aromatic heterocycles.